The van der Waals surface area contributed by atoms with Gasteiger partial charge in [0.2, 0.25) is 11.8 Å². The first-order chi connectivity index (χ1) is 9.45. The lowest BCUT2D eigenvalue weighted by molar-refractivity contribution is -0.122. The molecule has 1 atom stereocenters. The van der Waals surface area contributed by atoms with Gasteiger partial charge in [0.15, 0.2) is 0 Å². The predicted molar refractivity (Wildman–Crippen MR) is 71.6 cm³/mol. The second-order valence-electron chi connectivity index (χ2n) is 4.02. The lowest BCUT2D eigenvalue weighted by Crippen LogP contribution is -2.27. The van der Waals surface area contributed by atoms with Crippen molar-refractivity contribution in [2.45, 2.75) is 11.7 Å². The summed E-state index contributed by atoms with van der Waals surface area (Å²) in [6.07, 6.45) is -0.153. The number of rotatable bonds is 4. The van der Waals surface area contributed by atoms with Crippen molar-refractivity contribution in [1.29, 1.82) is 0 Å². The maximum atomic E-state index is 11.7. The van der Waals surface area contributed by atoms with Crippen LogP contribution in [-0.2, 0) is 9.59 Å². The third-order valence-corrected chi connectivity index (χ3v) is 3.51. The fraction of sp³-hybridized carbons (Fsp3) is 0.167. The Kier molecular flexibility index (Phi) is 4.04. The Hall–Kier alpha value is -2.35. The second kappa shape index (κ2) is 5.74. The van der Waals surface area contributed by atoms with E-state index in [-0.39, 0.29) is 12.0 Å². The maximum absolute atomic E-state index is 11.7. The highest BCUT2D eigenvalue weighted by Gasteiger charge is 2.33. The zero-order chi connectivity index (χ0) is 14.7. The van der Waals surface area contributed by atoms with Crippen LogP contribution in [0.4, 0.5) is 10.5 Å². The normalized spacial score (nSPS) is 17.7. The van der Waals surface area contributed by atoms with Gasteiger partial charge in [-0.3, -0.25) is 19.7 Å². The number of amides is 3. The Morgan fingerprint density at radius 1 is 1.35 bits per heavy atom. The summed E-state index contributed by atoms with van der Waals surface area (Å²) >= 11 is 0.766. The van der Waals surface area contributed by atoms with Gasteiger partial charge >= 0.3 is 5.97 Å². The quantitative estimate of drug-likeness (QED) is 0.765. The molecule has 0 aliphatic carbocycles. The van der Waals surface area contributed by atoms with E-state index in [2.05, 4.69) is 10.6 Å². The van der Waals surface area contributed by atoms with Gasteiger partial charge in [-0.15, -0.1) is 0 Å². The molecule has 1 aromatic rings. The van der Waals surface area contributed by atoms with Crippen molar-refractivity contribution in [2.24, 2.45) is 0 Å². The molecular formula is C12H10N2O5S. The highest BCUT2D eigenvalue weighted by atomic mass is 32.2. The van der Waals surface area contributed by atoms with Crippen molar-refractivity contribution >= 4 is 40.5 Å². The molecule has 104 valence electrons. The number of carbonyl (C=O) groups is 4. The minimum absolute atomic E-state index is 0.0472. The SMILES string of the molecule is O=C(CC1SC(=O)NC1=O)Nc1cccc(C(=O)O)c1. The van der Waals surface area contributed by atoms with Crippen molar-refractivity contribution in [1.82, 2.24) is 5.32 Å². The highest BCUT2D eigenvalue weighted by molar-refractivity contribution is 8.15. The van der Waals surface area contributed by atoms with E-state index in [9.17, 15) is 19.2 Å². The highest BCUT2D eigenvalue weighted by Crippen LogP contribution is 2.22. The number of aromatic carboxylic acids is 1. The first-order valence-electron chi connectivity index (χ1n) is 5.60. The van der Waals surface area contributed by atoms with E-state index in [1.54, 1.807) is 0 Å². The Bertz CT molecular complexity index is 601. The summed E-state index contributed by atoms with van der Waals surface area (Å²) in [5.74, 6) is -2.05. The number of hydrogen-bond donors (Lipinski definition) is 3. The maximum Gasteiger partial charge on any atom is 0.335 e. The van der Waals surface area contributed by atoms with Crippen LogP contribution >= 0.6 is 11.8 Å². The van der Waals surface area contributed by atoms with Gasteiger partial charge in [-0.05, 0) is 18.2 Å². The number of carboxylic acid groups (broad SMARTS) is 1. The van der Waals surface area contributed by atoms with Crippen LogP contribution in [0, 0.1) is 0 Å². The smallest absolute Gasteiger partial charge is 0.335 e. The van der Waals surface area contributed by atoms with Gasteiger partial charge in [0.25, 0.3) is 5.24 Å². The third-order valence-electron chi connectivity index (χ3n) is 2.53. The summed E-state index contributed by atoms with van der Waals surface area (Å²) in [7, 11) is 0. The zero-order valence-corrected chi connectivity index (χ0v) is 10.9. The second-order valence-corrected chi connectivity index (χ2v) is 5.20. The molecule has 8 heteroatoms. The molecule has 1 aliphatic heterocycles. The molecule has 0 spiro atoms. The van der Waals surface area contributed by atoms with Gasteiger partial charge in [-0.2, -0.15) is 0 Å². The molecule has 1 heterocycles. The van der Waals surface area contributed by atoms with Crippen LogP contribution in [0.15, 0.2) is 24.3 Å². The number of imide groups is 1. The number of carbonyl (C=O) groups excluding carboxylic acids is 3. The van der Waals surface area contributed by atoms with Gasteiger partial charge < -0.3 is 10.4 Å². The molecule has 0 saturated carbocycles. The fourth-order valence-electron chi connectivity index (χ4n) is 1.64. The summed E-state index contributed by atoms with van der Waals surface area (Å²) in [5.41, 5.74) is 0.371. The van der Waals surface area contributed by atoms with Crippen molar-refractivity contribution in [3.8, 4) is 0 Å². The van der Waals surface area contributed by atoms with E-state index in [4.69, 9.17) is 5.11 Å². The molecule has 7 nitrogen and oxygen atoms in total. The molecule has 1 unspecified atom stereocenters. The van der Waals surface area contributed by atoms with Crippen molar-refractivity contribution in [3.05, 3.63) is 29.8 Å². The minimum atomic E-state index is -1.10. The van der Waals surface area contributed by atoms with Crippen LogP contribution in [0.25, 0.3) is 0 Å². The molecule has 0 radical (unpaired) electrons. The number of nitrogens with one attached hydrogen (secondary N) is 2. The molecule has 3 amide bonds. The molecular weight excluding hydrogens is 284 g/mol. The van der Waals surface area contributed by atoms with Gasteiger partial charge in [-0.25, -0.2) is 4.79 Å². The van der Waals surface area contributed by atoms with E-state index in [1.165, 1.54) is 24.3 Å². The fourth-order valence-corrected chi connectivity index (χ4v) is 2.46. The summed E-state index contributed by atoms with van der Waals surface area (Å²) < 4.78 is 0. The number of carboxylic acids is 1. The number of thioether (sulfide) groups is 1. The lowest BCUT2D eigenvalue weighted by atomic mass is 10.2. The van der Waals surface area contributed by atoms with E-state index < -0.39 is 28.3 Å². The van der Waals surface area contributed by atoms with Crippen molar-refractivity contribution in [2.75, 3.05) is 5.32 Å². The molecule has 1 aromatic carbocycles. The molecule has 0 aromatic heterocycles. The molecule has 1 fully saturated rings. The molecule has 0 bridgehead atoms. The third kappa shape index (κ3) is 3.35. The Labute approximate surface area is 117 Å². The van der Waals surface area contributed by atoms with Gasteiger partial charge in [0, 0.05) is 12.1 Å². The van der Waals surface area contributed by atoms with Crippen LogP contribution in [0.5, 0.6) is 0 Å². The Balaban J connectivity index is 1.98. The summed E-state index contributed by atoms with van der Waals surface area (Å²) in [6, 6.07) is 5.75. The van der Waals surface area contributed by atoms with E-state index >= 15 is 0 Å². The molecule has 20 heavy (non-hydrogen) atoms. The first-order valence-corrected chi connectivity index (χ1v) is 6.48. The number of benzene rings is 1. The number of anilines is 1. The first kappa shape index (κ1) is 14.1. The van der Waals surface area contributed by atoms with Crippen LogP contribution in [0.2, 0.25) is 0 Å². The molecule has 1 aliphatic rings. The van der Waals surface area contributed by atoms with Gasteiger partial charge in [0.1, 0.15) is 5.25 Å². The largest absolute Gasteiger partial charge is 0.478 e. The van der Waals surface area contributed by atoms with Crippen LogP contribution in [0.1, 0.15) is 16.8 Å². The Morgan fingerprint density at radius 2 is 2.10 bits per heavy atom. The average Bonchev–Trinajstić information content (AvgIpc) is 2.67. The predicted octanol–water partition coefficient (Wildman–Crippen LogP) is 1.06. The lowest BCUT2D eigenvalue weighted by Gasteiger charge is -2.07. The van der Waals surface area contributed by atoms with Crippen LogP contribution in [-0.4, -0.2) is 33.4 Å². The average molecular weight is 294 g/mol. The van der Waals surface area contributed by atoms with E-state index in [0.717, 1.165) is 11.8 Å². The summed E-state index contributed by atoms with van der Waals surface area (Å²) in [6.45, 7) is 0. The molecule has 3 N–H and O–H groups in total. The summed E-state index contributed by atoms with van der Waals surface area (Å²) in [4.78, 5) is 44.8. The molecule has 2 rings (SSSR count). The minimum Gasteiger partial charge on any atom is -0.478 e. The van der Waals surface area contributed by atoms with E-state index in [1.807, 2.05) is 0 Å². The Morgan fingerprint density at radius 3 is 2.70 bits per heavy atom. The monoisotopic (exact) mass is 294 g/mol. The topological polar surface area (TPSA) is 113 Å². The van der Waals surface area contributed by atoms with Crippen LogP contribution in [0.3, 0.4) is 0 Å². The van der Waals surface area contributed by atoms with Crippen LogP contribution < -0.4 is 10.6 Å². The van der Waals surface area contributed by atoms with Crippen molar-refractivity contribution < 1.29 is 24.3 Å². The van der Waals surface area contributed by atoms with E-state index in [0.29, 0.717) is 5.69 Å². The van der Waals surface area contributed by atoms with Gasteiger partial charge in [0.05, 0.1) is 5.56 Å². The summed E-state index contributed by atoms with van der Waals surface area (Å²) in [5, 5.41) is 12.2. The van der Waals surface area contributed by atoms with Gasteiger partial charge in [-0.1, -0.05) is 17.8 Å². The van der Waals surface area contributed by atoms with Crippen molar-refractivity contribution in [3.63, 3.8) is 0 Å². The zero-order valence-electron chi connectivity index (χ0n) is 10.1. The number of hydrogen-bond acceptors (Lipinski definition) is 5. The molecule has 1 saturated heterocycles. The standard InChI is InChI=1S/C12H10N2O5S/c15-9(5-8-10(16)14-12(19)20-8)13-7-3-1-2-6(4-7)11(17)18/h1-4,8H,5H2,(H,13,15)(H,17,18)(H,14,16,19).